The van der Waals surface area contributed by atoms with Gasteiger partial charge in [-0.25, -0.2) is 9.59 Å². The van der Waals surface area contributed by atoms with Crippen LogP contribution in [0.3, 0.4) is 0 Å². The molecule has 0 saturated heterocycles. The van der Waals surface area contributed by atoms with Crippen molar-refractivity contribution in [3.05, 3.63) is 47.5 Å². The molecule has 27 heavy (non-hydrogen) atoms. The first kappa shape index (κ1) is 22.3. The summed E-state index contributed by atoms with van der Waals surface area (Å²) in [6.45, 7) is 10.9. The lowest BCUT2D eigenvalue weighted by Crippen LogP contribution is -2.37. The quantitative estimate of drug-likeness (QED) is 0.328. The lowest BCUT2D eigenvalue weighted by atomic mass is 10.1. The second kappa shape index (κ2) is 11.1. The Morgan fingerprint density at radius 3 is 2.56 bits per heavy atom. The summed E-state index contributed by atoms with van der Waals surface area (Å²) in [5.41, 5.74) is 2.53. The van der Waals surface area contributed by atoms with E-state index < -0.39 is 18.4 Å². The Hall–Kier alpha value is -2.74. The summed E-state index contributed by atoms with van der Waals surface area (Å²) in [7, 11) is 0. The molecule has 0 aliphatic heterocycles. The van der Waals surface area contributed by atoms with Crippen LogP contribution < -0.4 is 0 Å². The second-order valence-corrected chi connectivity index (χ2v) is 6.43. The van der Waals surface area contributed by atoms with E-state index in [9.17, 15) is 9.59 Å². The minimum absolute atomic E-state index is 0.124. The van der Waals surface area contributed by atoms with Crippen molar-refractivity contribution >= 4 is 12.1 Å². The molecule has 5 heteroatoms. The molecule has 0 aromatic heterocycles. The molecule has 1 aromatic carbocycles. The molecule has 0 bridgehead atoms. The first-order chi connectivity index (χ1) is 12.8. The van der Waals surface area contributed by atoms with E-state index in [-0.39, 0.29) is 18.2 Å². The molecule has 2 rings (SSSR count). The van der Waals surface area contributed by atoms with Gasteiger partial charge in [-0.15, -0.1) is 6.42 Å². The summed E-state index contributed by atoms with van der Waals surface area (Å²) in [6, 6.07) is 7.83. The zero-order chi connectivity index (χ0) is 20.4. The molecule has 0 radical (unpaired) electrons. The van der Waals surface area contributed by atoms with E-state index in [1.807, 2.05) is 24.3 Å². The van der Waals surface area contributed by atoms with Gasteiger partial charge in [-0.3, -0.25) is 4.90 Å². The van der Waals surface area contributed by atoms with Crippen LogP contribution in [0.4, 0.5) is 4.79 Å². The summed E-state index contributed by atoms with van der Waals surface area (Å²) < 4.78 is 10.2. The number of carbonyl (C=O) groups is 2. The van der Waals surface area contributed by atoms with Gasteiger partial charge in [-0.2, -0.15) is 0 Å². The monoisotopic (exact) mass is 371 g/mol. The highest BCUT2D eigenvalue weighted by molar-refractivity contribution is 5.87. The first-order valence-electron chi connectivity index (χ1n) is 9.20. The van der Waals surface area contributed by atoms with Gasteiger partial charge in [-0.05, 0) is 30.9 Å². The van der Waals surface area contributed by atoms with E-state index in [1.165, 1.54) is 30.7 Å². The molecule has 0 heterocycles. The average Bonchev–Trinajstić information content (AvgIpc) is 3.03. The summed E-state index contributed by atoms with van der Waals surface area (Å²) in [5.74, 6) is 1.89. The van der Waals surface area contributed by atoms with E-state index in [1.54, 1.807) is 0 Å². The van der Waals surface area contributed by atoms with Crippen LogP contribution in [0.1, 0.15) is 57.7 Å². The standard InChI is InChI=1S/C19H21NO4.C3H8/c1-5-12-20(17-11-10-15-8-6-7-9-16(15)17)19(22)24-14(4)23-18(21)13(2)3;1-3-2/h1,6-9,14,17H,2,10-12H2,3-4H3;3H2,1-2H3. The summed E-state index contributed by atoms with van der Waals surface area (Å²) in [4.78, 5) is 25.5. The SMILES string of the molecule is C#CCN(C(=O)OC(C)OC(=O)C(=C)C)C1CCc2ccccc21.CCC. The minimum Gasteiger partial charge on any atom is -0.422 e. The van der Waals surface area contributed by atoms with Crippen molar-refractivity contribution in [3.63, 3.8) is 0 Å². The topological polar surface area (TPSA) is 55.8 Å². The molecule has 1 aromatic rings. The van der Waals surface area contributed by atoms with Gasteiger partial charge in [0.05, 0.1) is 12.6 Å². The molecule has 1 aliphatic rings. The minimum atomic E-state index is -1.02. The zero-order valence-corrected chi connectivity index (χ0v) is 16.7. The number of carbonyl (C=O) groups excluding carboxylic acids is 2. The van der Waals surface area contributed by atoms with Crippen molar-refractivity contribution in [1.82, 2.24) is 4.90 Å². The van der Waals surface area contributed by atoms with Gasteiger partial charge in [0, 0.05) is 12.5 Å². The van der Waals surface area contributed by atoms with Crippen molar-refractivity contribution in [1.29, 1.82) is 0 Å². The van der Waals surface area contributed by atoms with E-state index in [0.29, 0.717) is 0 Å². The van der Waals surface area contributed by atoms with Gasteiger partial charge in [-0.1, -0.05) is 57.0 Å². The fourth-order valence-corrected chi connectivity index (χ4v) is 2.74. The maximum atomic E-state index is 12.5. The van der Waals surface area contributed by atoms with Crippen molar-refractivity contribution in [3.8, 4) is 12.3 Å². The molecule has 146 valence electrons. The third kappa shape index (κ3) is 6.49. The van der Waals surface area contributed by atoms with Gasteiger partial charge < -0.3 is 9.47 Å². The van der Waals surface area contributed by atoms with Crippen LogP contribution in [0, 0.1) is 12.3 Å². The van der Waals surface area contributed by atoms with Crippen molar-refractivity contribution in [2.45, 2.75) is 59.3 Å². The van der Waals surface area contributed by atoms with Gasteiger partial charge >= 0.3 is 12.1 Å². The maximum absolute atomic E-state index is 12.5. The fourth-order valence-electron chi connectivity index (χ4n) is 2.74. The van der Waals surface area contributed by atoms with Crippen LogP contribution in [0.2, 0.25) is 0 Å². The number of esters is 1. The van der Waals surface area contributed by atoms with Gasteiger partial charge in [0.25, 0.3) is 0 Å². The number of aryl methyl sites for hydroxylation is 1. The Balaban J connectivity index is 0.00000114. The molecule has 1 amide bonds. The number of nitrogens with zero attached hydrogens (tertiary/aromatic N) is 1. The Morgan fingerprint density at radius 1 is 1.33 bits per heavy atom. The molecule has 2 atom stereocenters. The van der Waals surface area contributed by atoms with Gasteiger partial charge in [0.15, 0.2) is 0 Å². The molecule has 0 fully saturated rings. The summed E-state index contributed by atoms with van der Waals surface area (Å²) in [5, 5.41) is 0. The number of amides is 1. The van der Waals surface area contributed by atoms with E-state index in [4.69, 9.17) is 15.9 Å². The number of benzene rings is 1. The predicted molar refractivity (Wildman–Crippen MR) is 106 cm³/mol. The Labute approximate surface area is 162 Å². The lowest BCUT2D eigenvalue weighted by molar-refractivity contribution is -0.161. The highest BCUT2D eigenvalue weighted by atomic mass is 16.7. The van der Waals surface area contributed by atoms with Crippen molar-refractivity contribution in [2.75, 3.05) is 6.54 Å². The summed E-state index contributed by atoms with van der Waals surface area (Å²) in [6.07, 6.45) is 6.72. The van der Waals surface area contributed by atoms with Crippen LogP contribution in [0.5, 0.6) is 0 Å². The number of hydrogen-bond donors (Lipinski definition) is 0. The Bertz CT molecular complexity index is 705. The number of terminal acetylenes is 1. The van der Waals surface area contributed by atoms with Gasteiger partial charge in [0.2, 0.25) is 6.29 Å². The van der Waals surface area contributed by atoms with Crippen LogP contribution in [-0.4, -0.2) is 29.8 Å². The fraction of sp³-hybridized carbons (Fsp3) is 0.455. The predicted octanol–water partition coefficient (Wildman–Crippen LogP) is 4.63. The molecular formula is C22H29NO4. The van der Waals surface area contributed by atoms with Crippen molar-refractivity contribution in [2.24, 2.45) is 0 Å². The molecule has 0 N–H and O–H groups in total. The highest BCUT2D eigenvalue weighted by Crippen LogP contribution is 2.35. The largest absolute Gasteiger partial charge is 0.422 e. The third-order valence-corrected chi connectivity index (χ3v) is 3.86. The number of rotatable bonds is 5. The number of ether oxygens (including phenoxy) is 2. The van der Waals surface area contributed by atoms with Crippen LogP contribution >= 0.6 is 0 Å². The van der Waals surface area contributed by atoms with Gasteiger partial charge in [0.1, 0.15) is 0 Å². The zero-order valence-electron chi connectivity index (χ0n) is 16.7. The third-order valence-electron chi connectivity index (χ3n) is 3.86. The summed E-state index contributed by atoms with van der Waals surface area (Å²) >= 11 is 0. The Morgan fingerprint density at radius 2 is 1.96 bits per heavy atom. The highest BCUT2D eigenvalue weighted by Gasteiger charge is 2.32. The van der Waals surface area contributed by atoms with Crippen LogP contribution in [-0.2, 0) is 20.7 Å². The van der Waals surface area contributed by atoms with Crippen LogP contribution in [0.25, 0.3) is 0 Å². The van der Waals surface area contributed by atoms with Crippen LogP contribution in [0.15, 0.2) is 36.4 Å². The maximum Gasteiger partial charge on any atom is 0.414 e. The number of fused-ring (bicyclic) bond motifs is 1. The molecule has 0 spiro atoms. The molecular weight excluding hydrogens is 342 g/mol. The molecule has 2 unspecified atom stereocenters. The molecule has 0 saturated carbocycles. The second-order valence-electron chi connectivity index (χ2n) is 6.43. The smallest absolute Gasteiger partial charge is 0.414 e. The normalized spacial score (nSPS) is 15.3. The van der Waals surface area contributed by atoms with E-state index >= 15 is 0 Å². The lowest BCUT2D eigenvalue weighted by Gasteiger charge is -2.28. The number of hydrogen-bond acceptors (Lipinski definition) is 4. The first-order valence-corrected chi connectivity index (χ1v) is 9.20. The average molecular weight is 371 g/mol. The van der Waals surface area contributed by atoms with Crippen molar-refractivity contribution < 1.29 is 19.1 Å². The van der Waals surface area contributed by atoms with E-state index in [2.05, 4.69) is 26.3 Å². The van der Waals surface area contributed by atoms with E-state index in [0.717, 1.165) is 18.4 Å². The molecule has 5 nitrogen and oxygen atoms in total. The molecule has 1 aliphatic carbocycles. The Kier molecular flexibility index (Phi) is 9.15.